The van der Waals surface area contributed by atoms with Gasteiger partial charge in [-0.1, -0.05) is 36.4 Å². The molecule has 0 saturated carbocycles. The van der Waals surface area contributed by atoms with Crippen molar-refractivity contribution in [3.8, 4) is 5.69 Å². The van der Waals surface area contributed by atoms with Crippen LogP contribution in [0.3, 0.4) is 0 Å². The van der Waals surface area contributed by atoms with Gasteiger partial charge in [0.05, 0.1) is 48.7 Å². The Morgan fingerprint density at radius 3 is 2.29 bits per heavy atom. The van der Waals surface area contributed by atoms with Crippen molar-refractivity contribution < 1.29 is 37.0 Å². The molecule has 3 aromatic carbocycles. The molecule has 1 unspecified atom stereocenters. The van der Waals surface area contributed by atoms with Crippen LogP contribution < -0.4 is 16.3 Å². The number of ether oxygens (including phenoxy) is 2. The molecule has 370 valence electrons. The van der Waals surface area contributed by atoms with Crippen LogP contribution in [-0.2, 0) is 56.9 Å². The summed E-state index contributed by atoms with van der Waals surface area (Å²) >= 11 is 0. The summed E-state index contributed by atoms with van der Waals surface area (Å²) in [4.78, 5) is 60.8. The lowest BCUT2D eigenvalue weighted by Crippen LogP contribution is -2.49. The third-order valence-electron chi connectivity index (χ3n) is 13.9. The Hall–Kier alpha value is -6.31. The Bertz CT molecular complexity index is 2740. The molecule has 2 aromatic heterocycles. The van der Waals surface area contributed by atoms with Crippen molar-refractivity contribution in [3.63, 3.8) is 0 Å². The Labute approximate surface area is 404 Å². The van der Waals surface area contributed by atoms with Gasteiger partial charge in [0.15, 0.2) is 0 Å². The SMILES string of the molecule is CN(Cc1cc(N2CCN(Cc3ccc(COC4CCN(Cc5cc(C(F)(F)F)c6cn(-c7cccc(C8(CC(N)=NC=N)COC8)c7)c(=O)n6c5)CC4)cc3)CC2)ccc1C=O)C(C=O)CCC=O. The number of fused-ring (bicyclic) bond motifs is 1. The first kappa shape index (κ1) is 50.1. The molecule has 5 aromatic rings. The molecule has 3 aliphatic heterocycles. The number of likely N-dealkylation sites (N-methyl/N-ethyl adjacent to an activating group) is 1. The molecule has 0 spiro atoms. The summed E-state index contributed by atoms with van der Waals surface area (Å²) in [6.07, 6.45) is 3.94. The molecule has 3 saturated heterocycles. The van der Waals surface area contributed by atoms with Crippen LogP contribution in [0.2, 0.25) is 0 Å². The molecular formula is C52H60F3N9O6. The number of aldehydes is 3. The Morgan fingerprint density at radius 1 is 0.914 bits per heavy atom. The number of pyridine rings is 1. The van der Waals surface area contributed by atoms with E-state index in [1.165, 1.54) is 22.5 Å². The number of nitrogens with two attached hydrogens (primary N) is 1. The van der Waals surface area contributed by atoms with E-state index in [4.69, 9.17) is 20.6 Å². The molecule has 70 heavy (non-hydrogen) atoms. The van der Waals surface area contributed by atoms with Crippen LogP contribution in [0.4, 0.5) is 18.9 Å². The quantitative estimate of drug-likeness (QED) is 0.0501. The largest absolute Gasteiger partial charge is 0.418 e. The molecule has 1 atom stereocenters. The van der Waals surface area contributed by atoms with E-state index in [0.717, 1.165) is 104 Å². The van der Waals surface area contributed by atoms with E-state index in [0.29, 0.717) is 75.5 Å². The molecule has 0 bridgehead atoms. The molecule has 0 radical (unpaired) electrons. The van der Waals surface area contributed by atoms with Gasteiger partial charge in [0, 0.05) is 101 Å². The minimum absolute atomic E-state index is 0.00604. The predicted molar refractivity (Wildman–Crippen MR) is 261 cm³/mol. The first-order valence-corrected chi connectivity index (χ1v) is 23.7. The van der Waals surface area contributed by atoms with Crippen LogP contribution >= 0.6 is 0 Å². The van der Waals surface area contributed by atoms with Gasteiger partial charge < -0.3 is 29.7 Å². The smallest absolute Gasteiger partial charge is 0.387 e. The number of aromatic nitrogens is 2. The number of nitrogens with zero attached hydrogens (tertiary/aromatic N) is 7. The van der Waals surface area contributed by atoms with Gasteiger partial charge in [-0.3, -0.25) is 33.9 Å². The number of alkyl halides is 3. The molecule has 0 amide bonds. The lowest BCUT2D eigenvalue weighted by atomic mass is 9.75. The van der Waals surface area contributed by atoms with Gasteiger partial charge in [-0.2, -0.15) is 13.2 Å². The normalized spacial score (nSPS) is 17.7. The number of nitrogens with one attached hydrogen (secondary N) is 1. The maximum Gasteiger partial charge on any atom is 0.418 e. The number of carbonyl (C=O) groups is 3. The number of piperidine rings is 1. The molecule has 5 heterocycles. The fourth-order valence-electron chi connectivity index (χ4n) is 9.85. The maximum atomic E-state index is 14.6. The number of piperazine rings is 1. The molecular weight excluding hydrogens is 904 g/mol. The summed E-state index contributed by atoms with van der Waals surface area (Å²) in [7, 11) is 1.83. The van der Waals surface area contributed by atoms with Crippen molar-refractivity contribution in [1.29, 1.82) is 5.41 Å². The van der Waals surface area contributed by atoms with Crippen molar-refractivity contribution in [2.24, 2.45) is 10.7 Å². The van der Waals surface area contributed by atoms with Crippen molar-refractivity contribution in [2.45, 2.75) is 82.1 Å². The van der Waals surface area contributed by atoms with Crippen LogP contribution in [0.25, 0.3) is 11.2 Å². The van der Waals surface area contributed by atoms with Crippen molar-refractivity contribution >= 4 is 42.2 Å². The van der Waals surface area contributed by atoms with E-state index < -0.39 is 28.9 Å². The number of benzene rings is 3. The topological polar surface area (TPSA) is 171 Å². The Balaban J connectivity index is 0.820. The molecule has 8 rings (SSSR count). The number of amidine groups is 1. The van der Waals surface area contributed by atoms with Crippen LogP contribution in [-0.4, -0.2) is 126 Å². The Kier molecular flexibility index (Phi) is 15.9. The second-order valence-corrected chi connectivity index (χ2v) is 18.8. The lowest BCUT2D eigenvalue weighted by molar-refractivity contribution is -0.136. The van der Waals surface area contributed by atoms with E-state index in [1.54, 1.807) is 18.2 Å². The summed E-state index contributed by atoms with van der Waals surface area (Å²) in [5.74, 6) is 0.261. The number of hydrogen-bond donors (Lipinski definition) is 2. The van der Waals surface area contributed by atoms with E-state index >= 15 is 0 Å². The number of carbonyl (C=O) groups excluding carboxylic acids is 3. The maximum absolute atomic E-state index is 14.6. The first-order chi connectivity index (χ1) is 33.8. The molecule has 18 heteroatoms. The summed E-state index contributed by atoms with van der Waals surface area (Å²) in [6.45, 7) is 7.28. The monoisotopic (exact) mass is 963 g/mol. The highest BCUT2D eigenvalue weighted by Crippen LogP contribution is 2.38. The van der Waals surface area contributed by atoms with Gasteiger partial charge in [0.25, 0.3) is 0 Å². The highest BCUT2D eigenvalue weighted by molar-refractivity contribution is 5.88. The number of likely N-dealkylation sites (tertiary alicyclic amines) is 1. The third-order valence-corrected chi connectivity index (χ3v) is 13.9. The predicted octanol–water partition coefficient (Wildman–Crippen LogP) is 6.03. The van der Waals surface area contributed by atoms with Crippen LogP contribution in [0.1, 0.15) is 75.8 Å². The molecule has 3 N–H and O–H groups in total. The zero-order valence-corrected chi connectivity index (χ0v) is 39.4. The minimum atomic E-state index is -4.70. The summed E-state index contributed by atoms with van der Waals surface area (Å²) in [5.41, 5.74) is 10.1. The minimum Gasteiger partial charge on any atom is -0.387 e. The molecule has 3 fully saturated rings. The van der Waals surface area contributed by atoms with Gasteiger partial charge in [0.1, 0.15) is 31.0 Å². The third kappa shape index (κ3) is 11.6. The summed E-state index contributed by atoms with van der Waals surface area (Å²) in [6, 6.07) is 22.1. The van der Waals surface area contributed by atoms with Gasteiger partial charge in [-0.25, -0.2) is 9.79 Å². The van der Waals surface area contributed by atoms with Crippen molar-refractivity contribution in [2.75, 3.05) is 64.4 Å². The standard InChI is InChI=1S/C52H60F3N9O6/c1-59(45(32-67)6-3-21-65)29-41-23-43(12-11-40(41)31-66)62-19-17-61(18-20-62)26-37-7-9-38(10-8-37)33-70-46-13-15-60(16-14-46)27-39-22-47(52(53,54)55)48-30-63(50(68)64(48)28-39)44-5-2-4-42(24-44)51(34-69-35-51)25-49(57)58-36-56/h2,4-5,7-12,21-24,28,30-32,36,45-46H,3,6,13-20,25-27,29,33-35H2,1H3,(H3,56,57,58). The number of anilines is 1. The van der Waals surface area contributed by atoms with E-state index in [9.17, 15) is 32.3 Å². The number of hydrogen-bond acceptors (Lipinski definition) is 11. The number of imidazole rings is 1. The summed E-state index contributed by atoms with van der Waals surface area (Å²) in [5, 5.41) is 7.26. The van der Waals surface area contributed by atoms with Crippen LogP contribution in [0, 0.1) is 5.41 Å². The second kappa shape index (κ2) is 22.2. The van der Waals surface area contributed by atoms with Crippen LogP contribution in [0.5, 0.6) is 0 Å². The lowest BCUT2D eigenvalue weighted by Gasteiger charge is -2.42. The highest BCUT2D eigenvalue weighted by Gasteiger charge is 2.41. The van der Waals surface area contributed by atoms with Gasteiger partial charge in [0.2, 0.25) is 0 Å². The van der Waals surface area contributed by atoms with Crippen LogP contribution in [0.15, 0.2) is 95.0 Å². The number of rotatable bonds is 21. The molecule has 3 aliphatic rings. The van der Waals surface area contributed by atoms with Gasteiger partial charge >= 0.3 is 11.9 Å². The highest BCUT2D eigenvalue weighted by atomic mass is 19.4. The van der Waals surface area contributed by atoms with Gasteiger partial charge in [-0.15, -0.1) is 0 Å². The van der Waals surface area contributed by atoms with Crippen molar-refractivity contribution in [1.82, 2.24) is 23.7 Å². The van der Waals surface area contributed by atoms with Gasteiger partial charge in [-0.05, 0) is 90.5 Å². The molecule has 0 aliphatic carbocycles. The fourth-order valence-corrected chi connectivity index (χ4v) is 9.85. The van der Waals surface area contributed by atoms with E-state index in [2.05, 4.69) is 44.0 Å². The number of halogens is 3. The van der Waals surface area contributed by atoms with E-state index in [1.807, 2.05) is 36.2 Å². The fraction of sp³-hybridized carbons (Fsp3) is 0.423. The summed E-state index contributed by atoms with van der Waals surface area (Å²) < 4.78 is 58.0. The van der Waals surface area contributed by atoms with Crippen molar-refractivity contribution in [3.05, 3.63) is 135 Å². The Morgan fingerprint density at radius 2 is 1.63 bits per heavy atom. The first-order valence-electron chi connectivity index (χ1n) is 23.7. The second-order valence-electron chi connectivity index (χ2n) is 18.8. The van der Waals surface area contributed by atoms with E-state index in [-0.39, 0.29) is 24.0 Å². The average molecular weight is 964 g/mol. The zero-order valence-electron chi connectivity index (χ0n) is 39.4. The molecule has 15 nitrogen and oxygen atoms in total. The number of aliphatic imine (C=N–C) groups is 1. The average Bonchev–Trinajstić information content (AvgIpc) is 3.68. The zero-order chi connectivity index (χ0) is 49.4.